The maximum absolute atomic E-state index is 12.3. The van der Waals surface area contributed by atoms with E-state index >= 15 is 0 Å². The number of amides is 1. The molecule has 3 rings (SSSR count). The van der Waals surface area contributed by atoms with Crippen molar-refractivity contribution in [3.8, 4) is 0 Å². The van der Waals surface area contributed by atoms with Gasteiger partial charge in [0, 0.05) is 12.1 Å². The van der Waals surface area contributed by atoms with Gasteiger partial charge in [-0.05, 0) is 35.6 Å². The quantitative estimate of drug-likeness (QED) is 0.600. The molecule has 0 saturated heterocycles. The Kier molecular flexibility index (Phi) is 7.04. The second-order valence-corrected chi connectivity index (χ2v) is 7.34. The fourth-order valence-electron chi connectivity index (χ4n) is 3.26. The largest absolute Gasteiger partial charge is 0.463 e. The first-order valence-corrected chi connectivity index (χ1v) is 9.90. The van der Waals surface area contributed by atoms with Gasteiger partial charge in [-0.15, -0.1) is 0 Å². The summed E-state index contributed by atoms with van der Waals surface area (Å²) >= 11 is 0. The first kappa shape index (κ1) is 19.9. The van der Waals surface area contributed by atoms with E-state index in [0.717, 1.165) is 17.7 Å². The van der Waals surface area contributed by atoms with Crippen LogP contribution in [0.4, 0.5) is 0 Å². The van der Waals surface area contributed by atoms with Crippen molar-refractivity contribution in [1.29, 1.82) is 0 Å². The van der Waals surface area contributed by atoms with Crippen LogP contribution in [0.25, 0.3) is 0 Å². The number of nitrogens with one attached hydrogen (secondary N) is 1. The van der Waals surface area contributed by atoms with E-state index in [-0.39, 0.29) is 11.9 Å². The molecule has 28 heavy (non-hydrogen) atoms. The van der Waals surface area contributed by atoms with Crippen molar-refractivity contribution in [3.05, 3.63) is 95.4 Å². The highest BCUT2D eigenvalue weighted by Crippen LogP contribution is 2.18. The molecular weight excluding hydrogens is 348 g/mol. The van der Waals surface area contributed by atoms with Gasteiger partial charge < -0.3 is 15.1 Å². The lowest BCUT2D eigenvalue weighted by molar-refractivity contribution is -0.678. The number of rotatable bonds is 9. The molecule has 0 spiro atoms. The van der Waals surface area contributed by atoms with E-state index in [1.54, 1.807) is 6.26 Å². The fraction of sp³-hybridized carbons (Fsp3) is 0.292. The fourth-order valence-corrected chi connectivity index (χ4v) is 3.26. The highest BCUT2D eigenvalue weighted by atomic mass is 16.3. The van der Waals surface area contributed by atoms with E-state index in [0.29, 0.717) is 19.0 Å². The van der Waals surface area contributed by atoms with Crippen LogP contribution < -0.4 is 10.6 Å². The molecule has 0 aliphatic carbocycles. The zero-order chi connectivity index (χ0) is 19.8. The third-order valence-electron chi connectivity index (χ3n) is 4.93. The zero-order valence-corrected chi connectivity index (χ0v) is 16.6. The number of hydrogen-bond acceptors (Lipinski definition) is 2. The Balaban J connectivity index is 1.48. The van der Waals surface area contributed by atoms with Gasteiger partial charge in [0.05, 0.1) is 6.26 Å². The smallest absolute Gasteiger partial charge is 0.275 e. The molecule has 4 heteroatoms. The minimum atomic E-state index is -0.0227. The van der Waals surface area contributed by atoms with Crippen molar-refractivity contribution >= 4 is 5.91 Å². The van der Waals surface area contributed by atoms with Crippen molar-refractivity contribution in [3.63, 3.8) is 0 Å². The van der Waals surface area contributed by atoms with Crippen molar-refractivity contribution in [2.24, 2.45) is 0 Å². The monoisotopic (exact) mass is 377 g/mol. The predicted octanol–water partition coefficient (Wildman–Crippen LogP) is 3.41. The average Bonchev–Trinajstić information content (AvgIpc) is 3.24. The van der Waals surface area contributed by atoms with Crippen LogP contribution in [0.2, 0.25) is 0 Å². The first-order chi connectivity index (χ1) is 13.6. The minimum absolute atomic E-state index is 0.0227. The lowest BCUT2D eigenvalue weighted by Gasteiger charge is -2.14. The van der Waals surface area contributed by atoms with Crippen LogP contribution in [0, 0.1) is 0 Å². The van der Waals surface area contributed by atoms with Crippen LogP contribution in [-0.2, 0) is 11.2 Å². The summed E-state index contributed by atoms with van der Waals surface area (Å²) in [5, 5.41) is 5.03. The Hall–Kier alpha value is -2.85. The Bertz CT molecular complexity index is 840. The van der Waals surface area contributed by atoms with Gasteiger partial charge in [-0.25, -0.2) is 0 Å². The molecule has 1 heterocycles. The van der Waals surface area contributed by atoms with Gasteiger partial charge in [0.15, 0.2) is 18.3 Å². The van der Waals surface area contributed by atoms with E-state index in [9.17, 15) is 4.79 Å². The second-order valence-electron chi connectivity index (χ2n) is 7.34. The van der Waals surface area contributed by atoms with E-state index < -0.39 is 0 Å². The summed E-state index contributed by atoms with van der Waals surface area (Å²) in [4.78, 5) is 12.3. The van der Waals surface area contributed by atoms with E-state index in [1.165, 1.54) is 11.1 Å². The summed E-state index contributed by atoms with van der Waals surface area (Å²) < 4.78 is 5.58. The molecule has 4 nitrogen and oxygen atoms in total. The average molecular weight is 378 g/mol. The highest BCUT2D eigenvalue weighted by Gasteiger charge is 2.21. The molecule has 2 aromatic carbocycles. The van der Waals surface area contributed by atoms with Gasteiger partial charge >= 0.3 is 0 Å². The SMILES string of the molecule is CC(C)c1ccc(CCNC(=O)C[NH2+][C@@H](c2ccccc2)c2ccco2)cc1. The second kappa shape index (κ2) is 9.90. The third kappa shape index (κ3) is 5.57. The molecule has 1 atom stereocenters. The number of carbonyl (C=O) groups excluding carboxylic acids is 1. The normalized spacial score (nSPS) is 12.1. The van der Waals surface area contributed by atoms with Crippen LogP contribution in [0.5, 0.6) is 0 Å². The number of quaternary nitrogens is 1. The van der Waals surface area contributed by atoms with E-state index in [1.807, 2.05) is 35.6 Å². The molecule has 1 aromatic heterocycles. The molecule has 146 valence electrons. The first-order valence-electron chi connectivity index (χ1n) is 9.90. The van der Waals surface area contributed by atoms with Crippen LogP contribution in [0.1, 0.15) is 48.3 Å². The van der Waals surface area contributed by atoms with Gasteiger partial charge in [-0.3, -0.25) is 4.79 Å². The molecule has 0 saturated carbocycles. The standard InChI is InChI=1S/C24H28N2O2/c1-18(2)20-12-10-19(11-13-20)14-15-25-23(27)17-26-24(22-9-6-16-28-22)21-7-4-3-5-8-21/h3-13,16,18,24,26H,14-15,17H2,1-2H3,(H,25,27)/p+1/t24-/m0/s1. The summed E-state index contributed by atoms with van der Waals surface area (Å²) in [6.07, 6.45) is 2.51. The molecule has 3 aromatic rings. The van der Waals surface area contributed by atoms with E-state index in [4.69, 9.17) is 4.42 Å². The number of benzene rings is 2. The molecular formula is C24H29N2O2+. The Morgan fingerprint density at radius 1 is 0.964 bits per heavy atom. The summed E-state index contributed by atoms with van der Waals surface area (Å²) in [6, 6.07) is 22.6. The highest BCUT2D eigenvalue weighted by molar-refractivity contribution is 5.76. The molecule has 3 N–H and O–H groups in total. The van der Waals surface area contributed by atoms with Crippen LogP contribution in [0.15, 0.2) is 77.4 Å². The van der Waals surface area contributed by atoms with Gasteiger partial charge in [0.1, 0.15) is 0 Å². The maximum atomic E-state index is 12.3. The molecule has 0 unspecified atom stereocenters. The topological polar surface area (TPSA) is 58.9 Å². The summed E-state index contributed by atoms with van der Waals surface area (Å²) in [5.41, 5.74) is 3.70. The molecule has 0 radical (unpaired) electrons. The van der Waals surface area contributed by atoms with Gasteiger partial charge in [0.2, 0.25) is 0 Å². The van der Waals surface area contributed by atoms with Crippen molar-refractivity contribution in [2.75, 3.05) is 13.1 Å². The van der Waals surface area contributed by atoms with Crippen LogP contribution in [0.3, 0.4) is 0 Å². The minimum Gasteiger partial charge on any atom is -0.463 e. The van der Waals surface area contributed by atoms with Crippen LogP contribution >= 0.6 is 0 Å². The Morgan fingerprint density at radius 3 is 2.36 bits per heavy atom. The summed E-state index contributed by atoms with van der Waals surface area (Å²) in [6.45, 7) is 5.38. The Labute approximate surface area is 167 Å². The van der Waals surface area contributed by atoms with Gasteiger partial charge in [0.25, 0.3) is 5.91 Å². The van der Waals surface area contributed by atoms with Crippen molar-refractivity contribution in [1.82, 2.24) is 5.32 Å². The predicted molar refractivity (Wildman–Crippen MR) is 111 cm³/mol. The molecule has 0 aliphatic rings. The third-order valence-corrected chi connectivity index (χ3v) is 4.93. The lowest BCUT2D eigenvalue weighted by atomic mass is 10.0. The molecule has 0 bridgehead atoms. The van der Waals surface area contributed by atoms with Crippen molar-refractivity contribution in [2.45, 2.75) is 32.2 Å². The number of furan rings is 1. The van der Waals surface area contributed by atoms with Gasteiger partial charge in [-0.2, -0.15) is 0 Å². The molecule has 0 aliphatic heterocycles. The number of carbonyl (C=O) groups is 1. The van der Waals surface area contributed by atoms with Crippen molar-refractivity contribution < 1.29 is 14.5 Å². The maximum Gasteiger partial charge on any atom is 0.275 e. The summed E-state index contributed by atoms with van der Waals surface area (Å²) in [7, 11) is 0. The van der Waals surface area contributed by atoms with Crippen LogP contribution in [-0.4, -0.2) is 19.0 Å². The zero-order valence-electron chi connectivity index (χ0n) is 16.6. The summed E-state index contributed by atoms with van der Waals surface area (Å²) in [5.74, 6) is 1.42. The van der Waals surface area contributed by atoms with Gasteiger partial charge in [-0.1, -0.05) is 68.4 Å². The molecule has 0 fully saturated rings. The molecule has 1 amide bonds. The van der Waals surface area contributed by atoms with E-state index in [2.05, 4.69) is 55.6 Å². The number of hydrogen-bond donors (Lipinski definition) is 2. The lowest BCUT2D eigenvalue weighted by Crippen LogP contribution is -2.87. The Morgan fingerprint density at radius 2 is 1.71 bits per heavy atom. The number of nitrogens with two attached hydrogens (primary N) is 1.